The van der Waals surface area contributed by atoms with Crippen molar-refractivity contribution in [3.8, 4) is 12.1 Å². The summed E-state index contributed by atoms with van der Waals surface area (Å²) in [7, 11) is 0. The summed E-state index contributed by atoms with van der Waals surface area (Å²) in [6.45, 7) is 3.27. The van der Waals surface area contributed by atoms with Crippen LogP contribution in [-0.4, -0.2) is 30.2 Å². The van der Waals surface area contributed by atoms with Crippen molar-refractivity contribution in [2.24, 2.45) is 0 Å². The second-order valence-electron chi connectivity index (χ2n) is 6.66. The van der Waals surface area contributed by atoms with Gasteiger partial charge < -0.3 is 15.3 Å². The van der Waals surface area contributed by atoms with Crippen molar-refractivity contribution in [2.45, 2.75) is 25.8 Å². The molecule has 6 nitrogen and oxygen atoms in total. The zero-order chi connectivity index (χ0) is 19.4. The number of benzene rings is 2. The summed E-state index contributed by atoms with van der Waals surface area (Å²) in [6, 6.07) is 15.2. The van der Waals surface area contributed by atoms with E-state index in [9.17, 15) is 20.4 Å². The van der Waals surface area contributed by atoms with E-state index in [2.05, 4.69) is 22.4 Å². The van der Waals surface area contributed by atoms with Crippen LogP contribution in [-0.2, 0) is 0 Å². The predicted molar refractivity (Wildman–Crippen MR) is 103 cm³/mol. The Morgan fingerprint density at radius 1 is 1.15 bits per heavy atom. The van der Waals surface area contributed by atoms with Crippen molar-refractivity contribution < 1.29 is 9.90 Å². The fraction of sp³-hybridized carbons (Fsp3) is 0.286. The Kier molecular flexibility index (Phi) is 5.28. The number of nitrogens with zero attached hydrogens (tertiary/aromatic N) is 3. The van der Waals surface area contributed by atoms with Gasteiger partial charge in [-0.05, 0) is 49.6 Å². The quantitative estimate of drug-likeness (QED) is 0.865. The molecule has 0 atom stereocenters. The highest BCUT2D eigenvalue weighted by Crippen LogP contribution is 2.27. The molecule has 0 saturated carbocycles. The summed E-state index contributed by atoms with van der Waals surface area (Å²) in [4.78, 5) is 13.6. The molecule has 2 aromatic rings. The highest BCUT2D eigenvalue weighted by Gasteiger charge is 2.22. The average Bonchev–Trinajstić information content (AvgIpc) is 2.69. The zero-order valence-corrected chi connectivity index (χ0v) is 15.1. The minimum Gasteiger partial charge on any atom is -0.478 e. The summed E-state index contributed by atoms with van der Waals surface area (Å²) in [5.41, 5.74) is 3.41. The Morgan fingerprint density at radius 2 is 1.81 bits per heavy atom. The number of piperidine rings is 1. The molecule has 0 amide bonds. The van der Waals surface area contributed by atoms with Gasteiger partial charge in [-0.15, -0.1) is 0 Å². The molecule has 0 bridgehead atoms. The molecule has 136 valence electrons. The van der Waals surface area contributed by atoms with Crippen molar-refractivity contribution in [3.05, 3.63) is 58.7 Å². The summed E-state index contributed by atoms with van der Waals surface area (Å²) in [5, 5.41) is 31.3. The Bertz CT molecular complexity index is 948. The van der Waals surface area contributed by atoms with Crippen LogP contribution in [0.1, 0.15) is 39.9 Å². The lowest BCUT2D eigenvalue weighted by molar-refractivity contribution is 0.0696. The van der Waals surface area contributed by atoms with Crippen LogP contribution in [0.15, 0.2) is 36.4 Å². The summed E-state index contributed by atoms with van der Waals surface area (Å²) < 4.78 is 0. The largest absolute Gasteiger partial charge is 0.478 e. The molecule has 2 N–H and O–H groups in total. The van der Waals surface area contributed by atoms with Crippen LogP contribution in [0.5, 0.6) is 0 Å². The van der Waals surface area contributed by atoms with Crippen molar-refractivity contribution in [2.75, 3.05) is 23.3 Å². The van der Waals surface area contributed by atoms with Crippen molar-refractivity contribution in [3.63, 3.8) is 0 Å². The van der Waals surface area contributed by atoms with E-state index in [-0.39, 0.29) is 11.6 Å². The number of aromatic carboxylic acids is 1. The first-order valence-corrected chi connectivity index (χ1v) is 8.82. The highest BCUT2D eigenvalue weighted by atomic mass is 16.4. The number of nitriles is 2. The molecule has 0 radical (unpaired) electrons. The minimum absolute atomic E-state index is 0.145. The minimum atomic E-state index is -0.997. The smallest absolute Gasteiger partial charge is 0.336 e. The fourth-order valence-electron chi connectivity index (χ4n) is 3.48. The molecule has 6 heteroatoms. The van der Waals surface area contributed by atoms with Crippen LogP contribution < -0.4 is 10.2 Å². The number of carboxylic acids is 1. The van der Waals surface area contributed by atoms with Crippen LogP contribution in [0.3, 0.4) is 0 Å². The molecule has 1 aliphatic rings. The van der Waals surface area contributed by atoms with Gasteiger partial charge >= 0.3 is 5.97 Å². The number of nitrogens with one attached hydrogen (secondary N) is 1. The third-order valence-electron chi connectivity index (χ3n) is 4.94. The zero-order valence-electron chi connectivity index (χ0n) is 15.1. The third kappa shape index (κ3) is 3.86. The number of hydrogen-bond donors (Lipinski definition) is 2. The van der Waals surface area contributed by atoms with Crippen LogP contribution in [0, 0.1) is 29.6 Å². The number of carboxylic acid groups (broad SMARTS) is 1. The molecule has 0 aromatic heterocycles. The van der Waals surface area contributed by atoms with E-state index in [0.717, 1.165) is 31.6 Å². The van der Waals surface area contributed by atoms with Gasteiger partial charge in [0.1, 0.15) is 12.1 Å². The fourth-order valence-corrected chi connectivity index (χ4v) is 3.48. The summed E-state index contributed by atoms with van der Waals surface area (Å²) in [6.07, 6.45) is 1.67. The Labute approximate surface area is 158 Å². The normalized spacial score (nSPS) is 14.3. The molecule has 1 heterocycles. The molecule has 27 heavy (non-hydrogen) atoms. The molecule has 1 fully saturated rings. The van der Waals surface area contributed by atoms with E-state index in [4.69, 9.17) is 0 Å². The molecule has 0 aliphatic carbocycles. The second-order valence-corrected chi connectivity index (χ2v) is 6.66. The standard InChI is InChI=1S/C21H20N4O2/c1-14-10-16(13-23)19(11-18(14)21(26)27)24-17-6-8-25(9-7-17)20-5-3-2-4-15(20)12-22/h2-5,10-11,17,24H,6-9H2,1H3,(H,26,27). The molecule has 1 saturated heterocycles. The topological polar surface area (TPSA) is 100 Å². The monoisotopic (exact) mass is 360 g/mol. The number of rotatable bonds is 4. The van der Waals surface area contributed by atoms with Crippen LogP contribution in [0.4, 0.5) is 11.4 Å². The van der Waals surface area contributed by atoms with Gasteiger partial charge in [-0.3, -0.25) is 0 Å². The van der Waals surface area contributed by atoms with E-state index in [0.29, 0.717) is 22.4 Å². The lowest BCUT2D eigenvalue weighted by Crippen LogP contribution is -2.39. The third-order valence-corrected chi connectivity index (χ3v) is 4.94. The number of carbonyl (C=O) groups is 1. The number of hydrogen-bond acceptors (Lipinski definition) is 5. The maximum atomic E-state index is 11.4. The molecule has 0 unspecified atom stereocenters. The van der Waals surface area contributed by atoms with Gasteiger partial charge in [-0.25, -0.2) is 4.79 Å². The van der Waals surface area contributed by atoms with Crippen LogP contribution >= 0.6 is 0 Å². The van der Waals surface area contributed by atoms with Gasteiger partial charge in [0.2, 0.25) is 0 Å². The maximum Gasteiger partial charge on any atom is 0.336 e. The van der Waals surface area contributed by atoms with Gasteiger partial charge in [-0.1, -0.05) is 12.1 Å². The highest BCUT2D eigenvalue weighted by molar-refractivity contribution is 5.91. The van der Waals surface area contributed by atoms with Gasteiger partial charge in [0.25, 0.3) is 0 Å². The SMILES string of the molecule is Cc1cc(C#N)c(NC2CCN(c3ccccc3C#N)CC2)cc1C(=O)O. The Hall–Kier alpha value is -3.51. The summed E-state index contributed by atoms with van der Waals surface area (Å²) in [5.74, 6) is -0.997. The Balaban J connectivity index is 1.73. The van der Waals surface area contributed by atoms with Crippen molar-refractivity contribution >= 4 is 17.3 Å². The molecular weight excluding hydrogens is 340 g/mol. The molecule has 0 spiro atoms. The molecule has 2 aromatic carbocycles. The van der Waals surface area contributed by atoms with Gasteiger partial charge in [0, 0.05) is 19.1 Å². The first-order chi connectivity index (χ1) is 13.0. The van der Waals surface area contributed by atoms with E-state index >= 15 is 0 Å². The number of aryl methyl sites for hydroxylation is 1. The van der Waals surface area contributed by atoms with Crippen molar-refractivity contribution in [1.29, 1.82) is 10.5 Å². The predicted octanol–water partition coefficient (Wildman–Crippen LogP) is 3.52. The first-order valence-electron chi connectivity index (χ1n) is 8.82. The van der Waals surface area contributed by atoms with Crippen molar-refractivity contribution in [1.82, 2.24) is 0 Å². The lowest BCUT2D eigenvalue weighted by Gasteiger charge is -2.35. The van der Waals surface area contributed by atoms with E-state index < -0.39 is 5.97 Å². The first kappa shape index (κ1) is 18.3. The van der Waals surface area contributed by atoms with Crippen LogP contribution in [0.25, 0.3) is 0 Å². The average molecular weight is 360 g/mol. The molecule has 1 aliphatic heterocycles. The maximum absolute atomic E-state index is 11.4. The molecular formula is C21H20N4O2. The number of anilines is 2. The van der Waals surface area contributed by atoms with Gasteiger partial charge in [-0.2, -0.15) is 10.5 Å². The second kappa shape index (κ2) is 7.80. The van der Waals surface area contributed by atoms with Gasteiger partial charge in [0.05, 0.1) is 28.1 Å². The van der Waals surface area contributed by atoms with E-state index in [1.165, 1.54) is 0 Å². The van der Waals surface area contributed by atoms with E-state index in [1.54, 1.807) is 19.1 Å². The lowest BCUT2D eigenvalue weighted by atomic mass is 10.00. The van der Waals surface area contributed by atoms with Crippen LogP contribution in [0.2, 0.25) is 0 Å². The molecule has 3 rings (SSSR count). The summed E-state index contributed by atoms with van der Waals surface area (Å²) >= 11 is 0. The number of para-hydroxylation sites is 1. The Morgan fingerprint density at radius 3 is 2.44 bits per heavy atom. The van der Waals surface area contributed by atoms with Gasteiger partial charge in [0.15, 0.2) is 0 Å². The van der Waals surface area contributed by atoms with E-state index in [1.807, 2.05) is 24.3 Å².